The van der Waals surface area contributed by atoms with Crippen LogP contribution in [-0.2, 0) is 14.3 Å². The van der Waals surface area contributed by atoms with Gasteiger partial charge in [0.25, 0.3) is 0 Å². The Bertz CT molecular complexity index is 1030. The van der Waals surface area contributed by atoms with Crippen LogP contribution in [0.1, 0.15) is 55.6 Å². The van der Waals surface area contributed by atoms with Crippen LogP contribution in [0.15, 0.2) is 48.5 Å². The van der Waals surface area contributed by atoms with E-state index in [9.17, 15) is 24.6 Å². The molecule has 8 heteroatoms. The topological polar surface area (TPSA) is 116 Å². The molecule has 2 atom stereocenters. The molecular formula is C27H32N2O6. The number of likely N-dealkylation sites (tertiary alicyclic amines) is 1. The second-order valence-electron chi connectivity index (χ2n) is 9.21. The third-order valence-corrected chi connectivity index (χ3v) is 6.84. The lowest BCUT2D eigenvalue weighted by Crippen LogP contribution is -2.47. The lowest BCUT2D eigenvalue weighted by Gasteiger charge is -2.31. The molecule has 1 aliphatic heterocycles. The van der Waals surface area contributed by atoms with Crippen molar-refractivity contribution in [1.82, 2.24) is 10.2 Å². The molecule has 4 rings (SSSR count). The zero-order valence-corrected chi connectivity index (χ0v) is 19.7. The number of carbonyl (C=O) groups excluding carboxylic acids is 2. The molecule has 0 bridgehead atoms. The minimum atomic E-state index is -1.14. The average Bonchev–Trinajstić information content (AvgIpc) is 3.14. The summed E-state index contributed by atoms with van der Waals surface area (Å²) < 4.78 is 5.46. The van der Waals surface area contributed by atoms with Gasteiger partial charge in [-0.25, -0.2) is 9.59 Å². The molecule has 1 aliphatic carbocycles. The fourth-order valence-electron chi connectivity index (χ4n) is 5.08. The molecule has 0 spiro atoms. The van der Waals surface area contributed by atoms with E-state index >= 15 is 0 Å². The summed E-state index contributed by atoms with van der Waals surface area (Å²) in [6.45, 7) is 0.360. The smallest absolute Gasteiger partial charge is 0.407 e. The van der Waals surface area contributed by atoms with Gasteiger partial charge in [-0.15, -0.1) is 0 Å². The Kier molecular flexibility index (Phi) is 8.02. The van der Waals surface area contributed by atoms with Crippen LogP contribution < -0.4 is 5.32 Å². The van der Waals surface area contributed by atoms with Crippen LogP contribution in [0.4, 0.5) is 4.79 Å². The maximum Gasteiger partial charge on any atom is 0.407 e. The lowest BCUT2D eigenvalue weighted by atomic mass is 9.98. The molecule has 1 fully saturated rings. The molecular weight excluding hydrogens is 448 g/mol. The van der Waals surface area contributed by atoms with Crippen LogP contribution in [0.25, 0.3) is 11.1 Å². The van der Waals surface area contributed by atoms with Crippen LogP contribution in [-0.4, -0.2) is 64.9 Å². The van der Waals surface area contributed by atoms with Gasteiger partial charge in [-0.05, 0) is 35.1 Å². The Hall–Kier alpha value is -3.39. The summed E-state index contributed by atoms with van der Waals surface area (Å²) in [5.41, 5.74) is 4.48. The van der Waals surface area contributed by atoms with Gasteiger partial charge in [0.1, 0.15) is 12.6 Å². The van der Waals surface area contributed by atoms with Crippen LogP contribution in [0, 0.1) is 0 Å². The van der Waals surface area contributed by atoms with Crippen molar-refractivity contribution in [3.8, 4) is 11.1 Å². The molecule has 186 valence electrons. The predicted molar refractivity (Wildman–Crippen MR) is 130 cm³/mol. The summed E-state index contributed by atoms with van der Waals surface area (Å²) in [5.74, 6) is -1.51. The molecule has 0 aromatic heterocycles. The first-order valence-corrected chi connectivity index (χ1v) is 12.2. The molecule has 2 aromatic carbocycles. The van der Waals surface area contributed by atoms with E-state index in [1.54, 1.807) is 0 Å². The Morgan fingerprint density at radius 1 is 0.971 bits per heavy atom. The number of amides is 2. The minimum absolute atomic E-state index is 0.0697. The number of hydrogen-bond donors (Lipinski definition) is 3. The van der Waals surface area contributed by atoms with E-state index in [2.05, 4.69) is 17.4 Å². The van der Waals surface area contributed by atoms with Gasteiger partial charge in [-0.3, -0.25) is 4.79 Å². The first-order valence-electron chi connectivity index (χ1n) is 12.2. The van der Waals surface area contributed by atoms with Gasteiger partial charge >= 0.3 is 12.1 Å². The molecule has 8 nitrogen and oxygen atoms in total. The third-order valence-electron chi connectivity index (χ3n) is 6.84. The second-order valence-corrected chi connectivity index (χ2v) is 9.21. The monoisotopic (exact) mass is 480 g/mol. The maximum atomic E-state index is 12.7. The number of aliphatic hydroxyl groups excluding tert-OH is 1. The molecule has 3 N–H and O–H groups in total. The summed E-state index contributed by atoms with van der Waals surface area (Å²) in [5, 5.41) is 22.4. The van der Waals surface area contributed by atoms with Gasteiger partial charge in [0.05, 0.1) is 12.5 Å². The van der Waals surface area contributed by atoms with Crippen molar-refractivity contribution in [3.05, 3.63) is 59.7 Å². The standard InChI is InChI=1S/C27H32N2O6/c30-18(15-25(31)29-14-8-2-1-3-13-24(29)26(32)33)16-28-27(34)35-17-23-21-11-6-4-9-19(21)20-10-5-7-12-22(20)23/h4-7,9-12,18,23-24,30H,1-3,8,13-17H2,(H,28,34)(H,32,33). The molecule has 2 amide bonds. The fourth-order valence-corrected chi connectivity index (χ4v) is 5.08. The molecule has 2 aliphatic rings. The SMILES string of the molecule is O=C(NCC(O)CC(=O)N1CCCCCCC1C(=O)O)OCC1c2ccccc2-c2ccccc21. The number of carbonyl (C=O) groups is 3. The summed E-state index contributed by atoms with van der Waals surface area (Å²) in [4.78, 5) is 38.0. The number of ether oxygens (including phenoxy) is 1. The number of hydrogen-bond acceptors (Lipinski definition) is 5. The van der Waals surface area contributed by atoms with E-state index in [-0.39, 0.29) is 25.5 Å². The number of nitrogens with zero attached hydrogens (tertiary/aromatic N) is 1. The van der Waals surface area contributed by atoms with Crippen LogP contribution >= 0.6 is 0 Å². The van der Waals surface area contributed by atoms with Crippen molar-refractivity contribution in [2.75, 3.05) is 19.7 Å². The van der Waals surface area contributed by atoms with Gasteiger partial charge in [-0.2, -0.15) is 0 Å². The number of rotatable bonds is 7. The summed E-state index contributed by atoms with van der Waals surface area (Å²) >= 11 is 0. The molecule has 0 radical (unpaired) electrons. The number of carboxylic acid groups (broad SMARTS) is 1. The highest BCUT2D eigenvalue weighted by Crippen LogP contribution is 2.44. The van der Waals surface area contributed by atoms with Crippen molar-refractivity contribution in [2.45, 2.75) is 56.6 Å². The van der Waals surface area contributed by atoms with Crippen molar-refractivity contribution in [1.29, 1.82) is 0 Å². The highest BCUT2D eigenvalue weighted by molar-refractivity contribution is 5.84. The Morgan fingerprint density at radius 3 is 2.26 bits per heavy atom. The Labute approximate surface area is 204 Å². The average molecular weight is 481 g/mol. The quantitative estimate of drug-likeness (QED) is 0.558. The van der Waals surface area contributed by atoms with E-state index in [0.717, 1.165) is 47.9 Å². The number of fused-ring (bicyclic) bond motifs is 3. The lowest BCUT2D eigenvalue weighted by molar-refractivity contribution is -0.151. The zero-order chi connectivity index (χ0) is 24.8. The number of carboxylic acids is 1. The van der Waals surface area contributed by atoms with Gasteiger partial charge < -0.3 is 25.2 Å². The molecule has 1 heterocycles. The van der Waals surface area contributed by atoms with Gasteiger partial charge in [-0.1, -0.05) is 67.8 Å². The first kappa shape index (κ1) is 24.7. The van der Waals surface area contributed by atoms with E-state index in [1.165, 1.54) is 4.90 Å². The third kappa shape index (κ3) is 5.82. The second kappa shape index (κ2) is 11.4. The van der Waals surface area contributed by atoms with E-state index in [0.29, 0.717) is 13.0 Å². The van der Waals surface area contributed by atoms with E-state index in [1.807, 2.05) is 36.4 Å². The van der Waals surface area contributed by atoms with Gasteiger partial charge in [0.2, 0.25) is 5.91 Å². The number of nitrogens with one attached hydrogen (secondary N) is 1. The zero-order valence-electron chi connectivity index (χ0n) is 19.7. The van der Waals surface area contributed by atoms with Crippen molar-refractivity contribution in [2.24, 2.45) is 0 Å². The summed E-state index contributed by atoms with van der Waals surface area (Å²) in [6, 6.07) is 15.2. The number of aliphatic carboxylic acids is 1. The highest BCUT2D eigenvalue weighted by Gasteiger charge is 2.31. The van der Waals surface area contributed by atoms with Gasteiger partial charge in [0.15, 0.2) is 0 Å². The fraction of sp³-hybridized carbons (Fsp3) is 0.444. The van der Waals surface area contributed by atoms with E-state index < -0.39 is 30.1 Å². The number of aliphatic hydroxyl groups is 1. The largest absolute Gasteiger partial charge is 0.480 e. The Morgan fingerprint density at radius 2 is 1.60 bits per heavy atom. The predicted octanol–water partition coefficient (Wildman–Crippen LogP) is 3.52. The minimum Gasteiger partial charge on any atom is -0.480 e. The van der Waals surface area contributed by atoms with Crippen LogP contribution in [0.5, 0.6) is 0 Å². The molecule has 1 saturated heterocycles. The first-order chi connectivity index (χ1) is 17.0. The van der Waals surface area contributed by atoms with E-state index in [4.69, 9.17) is 4.74 Å². The number of benzene rings is 2. The Balaban J connectivity index is 1.27. The van der Waals surface area contributed by atoms with Crippen LogP contribution in [0.2, 0.25) is 0 Å². The highest BCUT2D eigenvalue weighted by atomic mass is 16.5. The van der Waals surface area contributed by atoms with Crippen molar-refractivity contribution < 1.29 is 29.3 Å². The summed E-state index contributed by atoms with van der Waals surface area (Å²) in [6.07, 6.45) is 1.75. The van der Waals surface area contributed by atoms with Crippen molar-refractivity contribution in [3.63, 3.8) is 0 Å². The van der Waals surface area contributed by atoms with Gasteiger partial charge in [0, 0.05) is 19.0 Å². The number of alkyl carbamates (subject to hydrolysis) is 1. The normalized spacial score (nSPS) is 18.5. The van der Waals surface area contributed by atoms with Crippen molar-refractivity contribution >= 4 is 18.0 Å². The van der Waals surface area contributed by atoms with Crippen LogP contribution in [0.3, 0.4) is 0 Å². The molecule has 35 heavy (non-hydrogen) atoms. The summed E-state index contributed by atoms with van der Waals surface area (Å²) in [7, 11) is 0. The molecule has 2 unspecified atom stereocenters. The molecule has 0 saturated carbocycles. The maximum absolute atomic E-state index is 12.7. The molecule has 2 aromatic rings.